The van der Waals surface area contributed by atoms with Crippen molar-refractivity contribution < 1.29 is 23.9 Å². The first kappa shape index (κ1) is 20.8. The van der Waals surface area contributed by atoms with E-state index >= 15 is 0 Å². The van der Waals surface area contributed by atoms with Crippen LogP contribution in [0, 0.1) is 0 Å². The molecule has 4 rings (SSSR count). The van der Waals surface area contributed by atoms with Gasteiger partial charge in [0.25, 0.3) is 0 Å². The van der Waals surface area contributed by atoms with Gasteiger partial charge in [0.2, 0.25) is 0 Å². The molecule has 2 N–H and O–H groups in total. The maximum absolute atomic E-state index is 11.7. The number of hydrogen-bond acceptors (Lipinski definition) is 5. The quantitative estimate of drug-likeness (QED) is 0.451. The van der Waals surface area contributed by atoms with Gasteiger partial charge in [0.1, 0.15) is 23.0 Å². The number of rotatable bonds is 5. The molecule has 0 bridgehead atoms. The number of piperidine rings is 1. The van der Waals surface area contributed by atoms with E-state index in [1.807, 2.05) is 48.5 Å². The number of carbonyl (C=O) groups excluding carboxylic acids is 1. The SMILES string of the molecule is COc1ccc(-c2cc(C3CCN(C(=O)NO)CC3)oc2-c2ccc(OC)cc2)cc1. The van der Waals surface area contributed by atoms with Crippen molar-refractivity contribution in [2.75, 3.05) is 27.3 Å². The van der Waals surface area contributed by atoms with Crippen LogP contribution in [0.3, 0.4) is 0 Å². The van der Waals surface area contributed by atoms with Gasteiger partial charge in [0.15, 0.2) is 0 Å². The van der Waals surface area contributed by atoms with Crippen molar-refractivity contribution in [1.29, 1.82) is 0 Å². The molecule has 0 aliphatic carbocycles. The van der Waals surface area contributed by atoms with Crippen LogP contribution in [-0.2, 0) is 0 Å². The van der Waals surface area contributed by atoms with E-state index in [9.17, 15) is 4.79 Å². The lowest BCUT2D eigenvalue weighted by Gasteiger charge is -2.30. The zero-order chi connectivity index (χ0) is 21.8. The van der Waals surface area contributed by atoms with E-state index in [0.29, 0.717) is 13.1 Å². The molecule has 0 unspecified atom stereocenters. The molecule has 31 heavy (non-hydrogen) atoms. The van der Waals surface area contributed by atoms with E-state index in [1.165, 1.54) is 0 Å². The van der Waals surface area contributed by atoms with Gasteiger partial charge in [-0.25, -0.2) is 10.3 Å². The summed E-state index contributed by atoms with van der Waals surface area (Å²) in [5.74, 6) is 3.50. The lowest BCUT2D eigenvalue weighted by Crippen LogP contribution is -2.42. The number of hydrogen-bond donors (Lipinski definition) is 2. The first-order valence-corrected chi connectivity index (χ1v) is 10.2. The summed E-state index contributed by atoms with van der Waals surface area (Å²) in [6.45, 7) is 1.13. The smallest absolute Gasteiger partial charge is 0.341 e. The number of hydroxylamine groups is 1. The van der Waals surface area contributed by atoms with Gasteiger partial charge in [-0.05, 0) is 60.9 Å². The lowest BCUT2D eigenvalue weighted by molar-refractivity contribution is 0.119. The van der Waals surface area contributed by atoms with E-state index in [2.05, 4.69) is 6.07 Å². The van der Waals surface area contributed by atoms with Gasteiger partial charge < -0.3 is 18.8 Å². The van der Waals surface area contributed by atoms with Crippen molar-refractivity contribution in [2.24, 2.45) is 0 Å². The van der Waals surface area contributed by atoms with Crippen LogP contribution >= 0.6 is 0 Å². The Bertz CT molecular complexity index is 954. The van der Waals surface area contributed by atoms with Crippen molar-refractivity contribution in [1.82, 2.24) is 10.4 Å². The van der Waals surface area contributed by atoms with Gasteiger partial charge in [-0.1, -0.05) is 12.1 Å². The van der Waals surface area contributed by atoms with Crippen molar-refractivity contribution in [3.8, 4) is 33.9 Å². The van der Waals surface area contributed by atoms with Gasteiger partial charge in [0, 0.05) is 30.1 Å². The van der Waals surface area contributed by atoms with Gasteiger partial charge in [-0.2, -0.15) is 0 Å². The number of likely N-dealkylation sites (tertiary alicyclic amines) is 1. The number of furan rings is 1. The number of nitrogens with one attached hydrogen (secondary N) is 1. The summed E-state index contributed by atoms with van der Waals surface area (Å²) in [7, 11) is 3.30. The summed E-state index contributed by atoms with van der Waals surface area (Å²) < 4.78 is 17.0. The third-order valence-electron chi connectivity index (χ3n) is 5.78. The molecule has 1 fully saturated rings. The minimum Gasteiger partial charge on any atom is -0.497 e. The molecule has 7 nitrogen and oxygen atoms in total. The molecular formula is C24H26N2O5. The average Bonchev–Trinajstić information content (AvgIpc) is 3.29. The highest BCUT2D eigenvalue weighted by Crippen LogP contribution is 2.40. The number of benzene rings is 2. The average molecular weight is 422 g/mol. The molecule has 2 aromatic carbocycles. The van der Waals surface area contributed by atoms with E-state index in [1.54, 1.807) is 24.6 Å². The third-order valence-corrected chi connectivity index (χ3v) is 5.78. The molecule has 1 aliphatic rings. The monoisotopic (exact) mass is 422 g/mol. The second kappa shape index (κ2) is 9.14. The molecule has 1 aromatic heterocycles. The number of amides is 2. The number of carbonyl (C=O) groups is 1. The van der Waals surface area contributed by atoms with Crippen LogP contribution in [-0.4, -0.2) is 43.4 Å². The number of ether oxygens (including phenoxy) is 2. The van der Waals surface area contributed by atoms with Crippen molar-refractivity contribution >= 4 is 6.03 Å². The Hall–Kier alpha value is -3.45. The molecule has 162 valence electrons. The predicted molar refractivity (Wildman–Crippen MR) is 117 cm³/mol. The Morgan fingerprint density at radius 3 is 2.03 bits per heavy atom. The van der Waals surface area contributed by atoms with Crippen molar-refractivity contribution in [2.45, 2.75) is 18.8 Å². The third kappa shape index (κ3) is 4.36. The largest absolute Gasteiger partial charge is 0.497 e. The molecule has 7 heteroatoms. The summed E-state index contributed by atoms with van der Waals surface area (Å²) >= 11 is 0. The van der Waals surface area contributed by atoms with E-state index in [4.69, 9.17) is 19.1 Å². The fraction of sp³-hybridized carbons (Fsp3) is 0.292. The van der Waals surface area contributed by atoms with Crippen LogP contribution < -0.4 is 15.0 Å². The second-order valence-corrected chi connectivity index (χ2v) is 7.53. The van der Waals surface area contributed by atoms with Crippen LogP contribution in [0.2, 0.25) is 0 Å². The molecule has 1 saturated heterocycles. The minimum absolute atomic E-state index is 0.201. The van der Waals surface area contributed by atoms with Crippen LogP contribution in [0.1, 0.15) is 24.5 Å². The van der Waals surface area contributed by atoms with Gasteiger partial charge in [0.05, 0.1) is 14.2 Å². The Balaban J connectivity index is 1.67. The summed E-state index contributed by atoms with van der Waals surface area (Å²) in [5.41, 5.74) is 4.73. The fourth-order valence-electron chi connectivity index (χ4n) is 3.99. The summed E-state index contributed by atoms with van der Waals surface area (Å²) in [4.78, 5) is 13.3. The zero-order valence-corrected chi connectivity index (χ0v) is 17.6. The highest BCUT2D eigenvalue weighted by Gasteiger charge is 2.27. The first-order valence-electron chi connectivity index (χ1n) is 10.2. The van der Waals surface area contributed by atoms with Crippen molar-refractivity contribution in [3.05, 3.63) is 60.4 Å². The predicted octanol–water partition coefficient (Wildman–Crippen LogP) is 4.91. The standard InChI is InChI=1S/C24H26N2O5/c1-29-19-7-3-16(4-8-19)21-15-22(17-11-13-26(14-12-17)24(27)25-28)31-23(21)18-5-9-20(30-2)10-6-18/h3-10,15,17,28H,11-14H2,1-2H3,(H,25,27). The molecular weight excluding hydrogens is 396 g/mol. The van der Waals surface area contributed by atoms with Crippen LogP contribution in [0.5, 0.6) is 11.5 Å². The summed E-state index contributed by atoms with van der Waals surface area (Å²) in [6, 6.07) is 17.4. The first-order chi connectivity index (χ1) is 15.1. The van der Waals surface area contributed by atoms with E-state index in [-0.39, 0.29) is 5.92 Å². The molecule has 2 heterocycles. The number of nitrogens with zero attached hydrogens (tertiary/aromatic N) is 1. The van der Waals surface area contributed by atoms with Gasteiger partial charge in [-0.15, -0.1) is 0 Å². The normalized spacial score (nSPS) is 14.4. The number of methoxy groups -OCH3 is 2. The maximum atomic E-state index is 11.7. The lowest BCUT2D eigenvalue weighted by atomic mass is 9.93. The summed E-state index contributed by atoms with van der Waals surface area (Å²) in [5, 5.41) is 8.86. The van der Waals surface area contributed by atoms with E-state index in [0.717, 1.165) is 52.6 Å². The Morgan fingerprint density at radius 2 is 1.52 bits per heavy atom. The van der Waals surface area contributed by atoms with Crippen LogP contribution in [0.15, 0.2) is 59.0 Å². The van der Waals surface area contributed by atoms with Crippen LogP contribution in [0.4, 0.5) is 4.79 Å². The summed E-state index contributed by atoms with van der Waals surface area (Å²) in [6.07, 6.45) is 1.54. The molecule has 0 atom stereocenters. The fourth-order valence-corrected chi connectivity index (χ4v) is 3.99. The molecule has 2 amide bonds. The molecule has 0 spiro atoms. The van der Waals surface area contributed by atoms with Crippen molar-refractivity contribution in [3.63, 3.8) is 0 Å². The highest BCUT2D eigenvalue weighted by atomic mass is 16.5. The second-order valence-electron chi connectivity index (χ2n) is 7.53. The van der Waals surface area contributed by atoms with Gasteiger partial charge in [-0.3, -0.25) is 5.21 Å². The van der Waals surface area contributed by atoms with Crippen LogP contribution in [0.25, 0.3) is 22.5 Å². The molecule has 0 saturated carbocycles. The van der Waals surface area contributed by atoms with Gasteiger partial charge >= 0.3 is 6.03 Å². The Labute approximate surface area is 181 Å². The zero-order valence-electron chi connectivity index (χ0n) is 17.6. The molecule has 3 aromatic rings. The van der Waals surface area contributed by atoms with E-state index < -0.39 is 6.03 Å². The molecule has 0 radical (unpaired) electrons. The topological polar surface area (TPSA) is 84.2 Å². The Morgan fingerprint density at radius 1 is 0.968 bits per heavy atom. The minimum atomic E-state index is -0.462. The molecule has 1 aliphatic heterocycles. The number of urea groups is 1. The maximum Gasteiger partial charge on any atom is 0.341 e. The Kier molecular flexibility index (Phi) is 6.13. The highest BCUT2D eigenvalue weighted by molar-refractivity contribution is 5.81.